The second-order valence-electron chi connectivity index (χ2n) is 9.95. The Bertz CT molecular complexity index is 1440. The van der Waals surface area contributed by atoms with E-state index in [0.29, 0.717) is 15.6 Å². The molecule has 0 heterocycles. The molecule has 3 aromatic carbocycles. The highest BCUT2D eigenvalue weighted by Gasteiger charge is 2.34. The Labute approximate surface area is 244 Å². The first-order chi connectivity index (χ1) is 18.2. The number of carbonyl (C=O) groups is 2. The van der Waals surface area contributed by atoms with Crippen molar-refractivity contribution in [1.82, 2.24) is 10.2 Å². The lowest BCUT2D eigenvalue weighted by Crippen LogP contribution is -2.54. The van der Waals surface area contributed by atoms with E-state index in [0.717, 1.165) is 4.31 Å². The maximum atomic E-state index is 13.9. The first kappa shape index (κ1) is 30.8. The number of hydrogen-bond donors (Lipinski definition) is 1. The van der Waals surface area contributed by atoms with E-state index in [1.165, 1.54) is 35.2 Å². The summed E-state index contributed by atoms with van der Waals surface area (Å²) >= 11 is 18.9. The molecule has 1 atom stereocenters. The highest BCUT2D eigenvalue weighted by atomic mass is 35.5. The molecular weight excluding hydrogens is 581 g/mol. The molecule has 0 aliphatic carbocycles. The normalized spacial score (nSPS) is 12.5. The summed E-state index contributed by atoms with van der Waals surface area (Å²) in [7, 11) is -4.24. The SMILES string of the molecule is C[C@@H](C(=O)NC(C)(C)C)N(Cc1ccccc1Cl)C(=O)CN(c1ccc(Cl)cc1Cl)S(=O)(=O)c1ccccc1. The third-order valence-electron chi connectivity index (χ3n) is 5.75. The Hall–Kier alpha value is -2.78. The van der Waals surface area contributed by atoms with Gasteiger partial charge in [0.25, 0.3) is 10.0 Å². The minimum atomic E-state index is -4.24. The van der Waals surface area contributed by atoms with Crippen LogP contribution in [0.5, 0.6) is 0 Å². The van der Waals surface area contributed by atoms with Crippen molar-refractivity contribution in [2.24, 2.45) is 0 Å². The minimum Gasteiger partial charge on any atom is -0.350 e. The summed E-state index contributed by atoms with van der Waals surface area (Å²) in [6.07, 6.45) is 0. The molecule has 3 aromatic rings. The van der Waals surface area contributed by atoms with E-state index in [-0.39, 0.29) is 22.2 Å². The van der Waals surface area contributed by atoms with Crippen molar-refractivity contribution in [2.75, 3.05) is 10.8 Å². The average molecular weight is 611 g/mol. The predicted octanol–water partition coefficient (Wildman–Crippen LogP) is 6.17. The number of halogens is 3. The zero-order valence-electron chi connectivity index (χ0n) is 22.0. The molecule has 39 heavy (non-hydrogen) atoms. The number of amides is 2. The average Bonchev–Trinajstić information content (AvgIpc) is 2.86. The summed E-state index contributed by atoms with van der Waals surface area (Å²) in [4.78, 5) is 28.4. The van der Waals surface area contributed by atoms with Gasteiger partial charge in [-0.15, -0.1) is 0 Å². The zero-order chi connectivity index (χ0) is 29.0. The van der Waals surface area contributed by atoms with Crippen molar-refractivity contribution in [2.45, 2.75) is 50.7 Å². The maximum Gasteiger partial charge on any atom is 0.264 e. The number of nitrogens with zero attached hydrogens (tertiary/aromatic N) is 2. The molecule has 3 rings (SSSR count). The predicted molar refractivity (Wildman–Crippen MR) is 157 cm³/mol. The quantitative estimate of drug-likeness (QED) is 0.314. The van der Waals surface area contributed by atoms with E-state index >= 15 is 0 Å². The summed E-state index contributed by atoms with van der Waals surface area (Å²) in [5, 5.41) is 3.64. The largest absolute Gasteiger partial charge is 0.350 e. The molecular formula is C28H30Cl3N3O4S. The van der Waals surface area contributed by atoms with E-state index in [9.17, 15) is 18.0 Å². The fourth-order valence-electron chi connectivity index (χ4n) is 3.78. The zero-order valence-corrected chi connectivity index (χ0v) is 25.1. The summed E-state index contributed by atoms with van der Waals surface area (Å²) in [5.74, 6) is -1.03. The Morgan fingerprint density at radius 1 is 0.897 bits per heavy atom. The number of rotatable bonds is 9. The van der Waals surface area contributed by atoms with Crippen LogP contribution in [-0.2, 0) is 26.2 Å². The molecule has 0 unspecified atom stereocenters. The standard InChI is InChI=1S/C28H30Cl3N3O4S/c1-19(27(36)32-28(2,3)4)33(17-20-10-8-9-13-23(20)30)26(35)18-34(25-15-14-21(29)16-24(25)31)39(37,38)22-11-6-5-7-12-22/h5-16,19H,17-18H2,1-4H3,(H,32,36)/t19-/m0/s1. The van der Waals surface area contributed by atoms with Crippen molar-refractivity contribution in [3.63, 3.8) is 0 Å². The van der Waals surface area contributed by atoms with Gasteiger partial charge >= 0.3 is 0 Å². The highest BCUT2D eigenvalue weighted by Crippen LogP contribution is 2.33. The number of benzene rings is 3. The highest BCUT2D eigenvalue weighted by molar-refractivity contribution is 7.92. The van der Waals surface area contributed by atoms with Crippen molar-refractivity contribution < 1.29 is 18.0 Å². The molecule has 7 nitrogen and oxygen atoms in total. The van der Waals surface area contributed by atoms with Crippen LogP contribution < -0.4 is 9.62 Å². The molecule has 0 aliphatic heterocycles. The molecule has 0 fully saturated rings. The molecule has 0 aromatic heterocycles. The van der Waals surface area contributed by atoms with Crippen LogP contribution in [-0.4, -0.2) is 43.3 Å². The van der Waals surface area contributed by atoms with E-state index in [1.54, 1.807) is 49.4 Å². The van der Waals surface area contributed by atoms with Gasteiger partial charge in [0.15, 0.2) is 0 Å². The smallest absolute Gasteiger partial charge is 0.264 e. The second-order valence-corrected chi connectivity index (χ2v) is 13.1. The summed E-state index contributed by atoms with van der Waals surface area (Å²) in [6, 6.07) is 18.0. The van der Waals surface area contributed by atoms with Crippen LogP contribution in [0.25, 0.3) is 0 Å². The molecule has 2 amide bonds. The Morgan fingerprint density at radius 3 is 2.10 bits per heavy atom. The van der Waals surface area contributed by atoms with Gasteiger partial charge in [0.05, 0.1) is 15.6 Å². The lowest BCUT2D eigenvalue weighted by atomic mass is 10.1. The first-order valence-electron chi connectivity index (χ1n) is 12.1. The second kappa shape index (κ2) is 12.6. The van der Waals surface area contributed by atoms with Crippen LogP contribution in [0.4, 0.5) is 5.69 Å². The Kier molecular flexibility index (Phi) is 9.93. The van der Waals surface area contributed by atoms with E-state index < -0.39 is 40.0 Å². The fraction of sp³-hybridized carbons (Fsp3) is 0.286. The molecule has 0 aliphatic rings. The molecule has 0 spiro atoms. The van der Waals surface area contributed by atoms with Gasteiger partial charge in [0, 0.05) is 22.1 Å². The maximum absolute atomic E-state index is 13.9. The third kappa shape index (κ3) is 7.88. The van der Waals surface area contributed by atoms with E-state index in [2.05, 4.69) is 5.32 Å². The van der Waals surface area contributed by atoms with Gasteiger partial charge in [0.2, 0.25) is 11.8 Å². The van der Waals surface area contributed by atoms with Crippen LogP contribution in [0.1, 0.15) is 33.3 Å². The van der Waals surface area contributed by atoms with Crippen molar-refractivity contribution in [3.05, 3.63) is 93.4 Å². The van der Waals surface area contributed by atoms with Gasteiger partial charge in [-0.25, -0.2) is 8.42 Å². The lowest BCUT2D eigenvalue weighted by Gasteiger charge is -2.33. The monoisotopic (exact) mass is 609 g/mol. The molecule has 0 saturated heterocycles. The third-order valence-corrected chi connectivity index (χ3v) is 8.43. The van der Waals surface area contributed by atoms with Crippen LogP contribution in [0.2, 0.25) is 15.1 Å². The van der Waals surface area contributed by atoms with E-state index in [1.807, 2.05) is 20.8 Å². The van der Waals surface area contributed by atoms with Crippen LogP contribution in [0, 0.1) is 0 Å². The van der Waals surface area contributed by atoms with Gasteiger partial charge in [-0.2, -0.15) is 0 Å². The van der Waals surface area contributed by atoms with Gasteiger partial charge in [-0.05, 0) is 69.7 Å². The van der Waals surface area contributed by atoms with Crippen LogP contribution in [0.15, 0.2) is 77.7 Å². The van der Waals surface area contributed by atoms with Gasteiger partial charge < -0.3 is 10.2 Å². The molecule has 208 valence electrons. The molecule has 1 N–H and O–H groups in total. The fourth-order valence-corrected chi connectivity index (χ4v) is 5.99. The number of sulfonamides is 1. The van der Waals surface area contributed by atoms with Gasteiger partial charge in [-0.3, -0.25) is 13.9 Å². The summed E-state index contributed by atoms with van der Waals surface area (Å²) in [6.45, 7) is 6.42. The number of hydrogen-bond acceptors (Lipinski definition) is 4. The Balaban J connectivity index is 2.07. The Morgan fingerprint density at radius 2 is 1.51 bits per heavy atom. The van der Waals surface area contributed by atoms with Gasteiger partial charge in [-0.1, -0.05) is 71.2 Å². The summed E-state index contributed by atoms with van der Waals surface area (Å²) in [5.41, 5.74) is 0.122. The molecule has 0 saturated carbocycles. The van der Waals surface area contributed by atoms with Crippen LogP contribution >= 0.6 is 34.8 Å². The minimum absolute atomic E-state index is 0.0230. The number of anilines is 1. The van der Waals surface area contributed by atoms with Crippen molar-refractivity contribution >= 4 is 62.3 Å². The van der Waals surface area contributed by atoms with Crippen molar-refractivity contribution in [3.8, 4) is 0 Å². The van der Waals surface area contributed by atoms with Crippen molar-refractivity contribution in [1.29, 1.82) is 0 Å². The summed E-state index contributed by atoms with van der Waals surface area (Å²) < 4.78 is 28.5. The topological polar surface area (TPSA) is 86.8 Å². The van der Waals surface area contributed by atoms with Crippen LogP contribution in [0.3, 0.4) is 0 Å². The first-order valence-corrected chi connectivity index (χ1v) is 14.7. The molecule has 0 radical (unpaired) electrons. The lowest BCUT2D eigenvalue weighted by molar-refractivity contribution is -0.140. The molecule has 0 bridgehead atoms. The molecule has 11 heteroatoms. The van der Waals surface area contributed by atoms with E-state index in [4.69, 9.17) is 34.8 Å². The van der Waals surface area contributed by atoms with Gasteiger partial charge in [0.1, 0.15) is 12.6 Å². The number of nitrogens with one attached hydrogen (secondary N) is 1. The number of carbonyl (C=O) groups excluding carboxylic acids is 2.